The minimum Gasteiger partial charge on any atom is -0.367 e. The molecular formula is C9H9NO2. The van der Waals surface area contributed by atoms with Gasteiger partial charge in [-0.3, -0.25) is 4.79 Å². The molecule has 2 N–H and O–H groups in total. The van der Waals surface area contributed by atoms with Crippen molar-refractivity contribution in [1.82, 2.24) is 0 Å². The number of epoxide rings is 1. The van der Waals surface area contributed by atoms with Gasteiger partial charge in [-0.15, -0.1) is 0 Å². The molecule has 0 aliphatic carbocycles. The summed E-state index contributed by atoms with van der Waals surface area (Å²) in [5, 5.41) is 0. The van der Waals surface area contributed by atoms with Crippen LogP contribution in [0.4, 0.5) is 0 Å². The maximum Gasteiger partial charge on any atom is 0.249 e. The summed E-state index contributed by atoms with van der Waals surface area (Å²) in [6.07, 6.45) is -0.518. The highest BCUT2D eigenvalue weighted by atomic mass is 16.6. The van der Waals surface area contributed by atoms with Gasteiger partial charge < -0.3 is 10.5 Å². The van der Waals surface area contributed by atoms with Crippen LogP contribution in [0.5, 0.6) is 0 Å². The SMILES string of the molecule is NC(=O)[C@@H]1O[C@H]1c1ccccc1. The molecule has 1 saturated heterocycles. The first-order valence-corrected chi connectivity index (χ1v) is 3.79. The van der Waals surface area contributed by atoms with E-state index in [1.165, 1.54) is 0 Å². The third kappa shape index (κ3) is 1.19. The van der Waals surface area contributed by atoms with Crippen molar-refractivity contribution in [3.05, 3.63) is 35.9 Å². The lowest BCUT2D eigenvalue weighted by molar-refractivity contribution is -0.119. The van der Waals surface area contributed by atoms with E-state index in [2.05, 4.69) is 0 Å². The fourth-order valence-electron chi connectivity index (χ4n) is 1.22. The van der Waals surface area contributed by atoms with E-state index in [-0.39, 0.29) is 12.0 Å². The summed E-state index contributed by atoms with van der Waals surface area (Å²) in [7, 11) is 0. The zero-order valence-corrected chi connectivity index (χ0v) is 6.44. The quantitative estimate of drug-likeness (QED) is 0.649. The molecule has 1 aliphatic heterocycles. The molecule has 1 amide bonds. The van der Waals surface area contributed by atoms with Crippen molar-refractivity contribution in [2.45, 2.75) is 12.2 Å². The molecule has 1 fully saturated rings. The van der Waals surface area contributed by atoms with Gasteiger partial charge in [-0.25, -0.2) is 0 Å². The fraction of sp³-hybridized carbons (Fsp3) is 0.222. The van der Waals surface area contributed by atoms with Gasteiger partial charge in [0.2, 0.25) is 5.91 Å². The van der Waals surface area contributed by atoms with Gasteiger partial charge in [-0.05, 0) is 5.56 Å². The largest absolute Gasteiger partial charge is 0.367 e. The number of ether oxygens (including phenoxy) is 1. The van der Waals surface area contributed by atoms with Crippen LogP contribution in [-0.4, -0.2) is 12.0 Å². The van der Waals surface area contributed by atoms with Crippen LogP contribution in [0.15, 0.2) is 30.3 Å². The second-order valence-electron chi connectivity index (χ2n) is 2.79. The van der Waals surface area contributed by atoms with Gasteiger partial charge in [0.05, 0.1) is 0 Å². The number of rotatable bonds is 2. The second-order valence-corrected chi connectivity index (χ2v) is 2.79. The molecule has 2 atom stereocenters. The van der Waals surface area contributed by atoms with Crippen LogP contribution in [0, 0.1) is 0 Å². The van der Waals surface area contributed by atoms with Crippen molar-refractivity contribution in [2.24, 2.45) is 5.73 Å². The molecule has 1 aromatic rings. The maximum absolute atomic E-state index is 10.6. The van der Waals surface area contributed by atoms with Crippen LogP contribution in [0.2, 0.25) is 0 Å². The molecule has 3 heteroatoms. The lowest BCUT2D eigenvalue weighted by Crippen LogP contribution is -2.18. The van der Waals surface area contributed by atoms with Gasteiger partial charge in [-0.1, -0.05) is 30.3 Å². The molecule has 2 rings (SSSR count). The average molecular weight is 163 g/mol. The van der Waals surface area contributed by atoms with E-state index >= 15 is 0 Å². The molecule has 12 heavy (non-hydrogen) atoms. The zero-order valence-electron chi connectivity index (χ0n) is 6.44. The molecule has 0 spiro atoms. The lowest BCUT2D eigenvalue weighted by Gasteiger charge is -1.91. The molecule has 1 heterocycles. The van der Waals surface area contributed by atoms with Crippen molar-refractivity contribution in [3.8, 4) is 0 Å². The van der Waals surface area contributed by atoms with E-state index in [0.29, 0.717) is 0 Å². The molecule has 0 aromatic heterocycles. The van der Waals surface area contributed by atoms with Gasteiger partial charge >= 0.3 is 0 Å². The highest BCUT2D eigenvalue weighted by molar-refractivity contribution is 5.82. The average Bonchev–Trinajstić information content (AvgIpc) is 2.84. The molecule has 0 unspecified atom stereocenters. The minimum atomic E-state index is -0.410. The Morgan fingerprint density at radius 2 is 2.00 bits per heavy atom. The number of primary amides is 1. The molecule has 0 radical (unpaired) electrons. The van der Waals surface area contributed by atoms with E-state index < -0.39 is 6.10 Å². The maximum atomic E-state index is 10.6. The van der Waals surface area contributed by atoms with Crippen LogP contribution in [0.25, 0.3) is 0 Å². The Bertz CT molecular complexity index is 297. The first-order chi connectivity index (χ1) is 5.79. The summed E-state index contributed by atoms with van der Waals surface area (Å²) >= 11 is 0. The summed E-state index contributed by atoms with van der Waals surface area (Å²) in [4.78, 5) is 10.6. The van der Waals surface area contributed by atoms with E-state index in [4.69, 9.17) is 10.5 Å². The van der Waals surface area contributed by atoms with Gasteiger partial charge in [0, 0.05) is 0 Å². The number of carbonyl (C=O) groups is 1. The van der Waals surface area contributed by atoms with Gasteiger partial charge in [0.25, 0.3) is 0 Å². The molecule has 3 nitrogen and oxygen atoms in total. The van der Waals surface area contributed by atoms with Crippen LogP contribution >= 0.6 is 0 Å². The van der Waals surface area contributed by atoms with Crippen molar-refractivity contribution >= 4 is 5.91 Å². The second kappa shape index (κ2) is 2.60. The van der Waals surface area contributed by atoms with Crippen molar-refractivity contribution in [1.29, 1.82) is 0 Å². The number of hydrogen-bond acceptors (Lipinski definition) is 2. The zero-order chi connectivity index (χ0) is 8.55. The van der Waals surface area contributed by atoms with Gasteiger partial charge in [0.15, 0.2) is 6.10 Å². The van der Waals surface area contributed by atoms with Crippen LogP contribution in [0.3, 0.4) is 0 Å². The summed E-state index contributed by atoms with van der Waals surface area (Å²) in [5.41, 5.74) is 6.08. The molecule has 1 aliphatic rings. The Morgan fingerprint density at radius 3 is 2.50 bits per heavy atom. The highest BCUT2D eigenvalue weighted by Gasteiger charge is 2.44. The normalized spacial score (nSPS) is 26.7. The monoisotopic (exact) mass is 163 g/mol. The standard InChI is InChI=1S/C9H9NO2/c10-9(11)8-7(12-8)6-4-2-1-3-5-6/h1-5,7-8H,(H2,10,11)/t7-,8+/m0/s1. The first kappa shape index (κ1) is 7.31. The molecule has 0 bridgehead atoms. The highest BCUT2D eigenvalue weighted by Crippen LogP contribution is 2.37. The van der Waals surface area contributed by atoms with E-state index in [1.54, 1.807) is 0 Å². The molecule has 0 saturated carbocycles. The topological polar surface area (TPSA) is 55.6 Å². The Balaban J connectivity index is 2.11. The van der Waals surface area contributed by atoms with Crippen LogP contribution < -0.4 is 5.73 Å². The summed E-state index contributed by atoms with van der Waals surface area (Å²) < 4.78 is 5.09. The Morgan fingerprint density at radius 1 is 1.33 bits per heavy atom. The van der Waals surface area contributed by atoms with Crippen molar-refractivity contribution < 1.29 is 9.53 Å². The predicted octanol–water partition coefficient (Wildman–Crippen LogP) is 0.612. The predicted molar refractivity (Wildman–Crippen MR) is 43.3 cm³/mol. The number of nitrogens with two attached hydrogens (primary N) is 1. The Kier molecular flexibility index (Phi) is 1.59. The summed E-state index contributed by atoms with van der Waals surface area (Å²) in [6, 6.07) is 9.59. The third-order valence-electron chi connectivity index (χ3n) is 1.90. The van der Waals surface area contributed by atoms with Crippen LogP contribution in [0.1, 0.15) is 11.7 Å². The number of carbonyl (C=O) groups excluding carboxylic acids is 1. The first-order valence-electron chi connectivity index (χ1n) is 3.79. The number of benzene rings is 1. The lowest BCUT2D eigenvalue weighted by atomic mass is 10.1. The van der Waals surface area contributed by atoms with Gasteiger partial charge in [-0.2, -0.15) is 0 Å². The fourth-order valence-corrected chi connectivity index (χ4v) is 1.22. The van der Waals surface area contributed by atoms with E-state index in [1.807, 2.05) is 30.3 Å². The summed E-state index contributed by atoms with van der Waals surface area (Å²) in [5.74, 6) is -0.385. The molecular weight excluding hydrogens is 154 g/mol. The smallest absolute Gasteiger partial charge is 0.249 e. The van der Waals surface area contributed by atoms with Crippen molar-refractivity contribution in [3.63, 3.8) is 0 Å². The number of hydrogen-bond donors (Lipinski definition) is 1. The molecule has 62 valence electrons. The third-order valence-corrected chi connectivity index (χ3v) is 1.90. The van der Waals surface area contributed by atoms with Gasteiger partial charge in [0.1, 0.15) is 6.10 Å². The van der Waals surface area contributed by atoms with E-state index in [9.17, 15) is 4.79 Å². The van der Waals surface area contributed by atoms with Crippen LogP contribution in [-0.2, 0) is 9.53 Å². The molecule has 1 aromatic carbocycles. The number of amides is 1. The summed E-state index contributed by atoms with van der Waals surface area (Å²) in [6.45, 7) is 0. The van der Waals surface area contributed by atoms with Crippen molar-refractivity contribution in [2.75, 3.05) is 0 Å². The Labute approximate surface area is 70.1 Å². The van der Waals surface area contributed by atoms with E-state index in [0.717, 1.165) is 5.56 Å². The minimum absolute atomic E-state index is 0.108. The Hall–Kier alpha value is -1.35.